The number of benzene rings is 2. The smallest absolute Gasteiger partial charge is 0.338 e. The molecule has 1 heterocycles. The van der Waals surface area contributed by atoms with E-state index in [-0.39, 0.29) is 5.82 Å². The van der Waals surface area contributed by atoms with Gasteiger partial charge in [-0.05, 0) is 36.9 Å². The highest BCUT2D eigenvalue weighted by atomic mass is 19.4. The molecule has 0 aliphatic heterocycles. The normalized spacial score (nSPS) is 11.6. The lowest BCUT2D eigenvalue weighted by molar-refractivity contribution is -0.137. The molecule has 0 saturated carbocycles. The van der Waals surface area contributed by atoms with Gasteiger partial charge in [-0.15, -0.1) is 0 Å². The van der Waals surface area contributed by atoms with Gasteiger partial charge in [-0.1, -0.05) is 29.4 Å². The van der Waals surface area contributed by atoms with Crippen LogP contribution in [0.1, 0.15) is 22.6 Å². The summed E-state index contributed by atoms with van der Waals surface area (Å²) in [6, 6.07) is 13.9. The number of rotatable bonds is 5. The minimum absolute atomic E-state index is 0.241. The first-order valence-corrected chi connectivity index (χ1v) is 8.03. The van der Waals surface area contributed by atoms with Gasteiger partial charge in [-0.3, -0.25) is 4.90 Å². The number of hydrogen-bond donors (Lipinski definition) is 0. The SMILES string of the molecule is CN(Cc1ccc(C#N)cc1)Cc1nc(-c2ccc(C(F)(F)F)cc2)no1. The summed E-state index contributed by atoms with van der Waals surface area (Å²) in [5, 5.41) is 12.6. The molecule has 27 heavy (non-hydrogen) atoms. The number of hydrogen-bond acceptors (Lipinski definition) is 5. The van der Waals surface area contributed by atoms with Gasteiger partial charge in [0.15, 0.2) is 0 Å². The molecule has 0 saturated heterocycles. The lowest BCUT2D eigenvalue weighted by atomic mass is 10.1. The van der Waals surface area contributed by atoms with Crippen molar-refractivity contribution in [2.24, 2.45) is 0 Å². The van der Waals surface area contributed by atoms with Crippen LogP contribution in [-0.4, -0.2) is 22.1 Å². The van der Waals surface area contributed by atoms with Gasteiger partial charge in [0, 0.05) is 12.1 Å². The summed E-state index contributed by atoms with van der Waals surface area (Å²) in [5.74, 6) is 0.603. The lowest BCUT2D eigenvalue weighted by Gasteiger charge is -2.13. The van der Waals surface area contributed by atoms with Gasteiger partial charge in [-0.25, -0.2) is 0 Å². The summed E-state index contributed by atoms with van der Waals surface area (Å²) in [5.41, 5.74) is 1.35. The summed E-state index contributed by atoms with van der Waals surface area (Å²) < 4.78 is 43.1. The standard InChI is InChI=1S/C19H15F3N4O/c1-26(11-14-4-2-13(10-23)3-5-14)12-17-24-18(25-27-17)15-6-8-16(9-7-15)19(20,21)22/h2-9H,11-12H2,1H3. The number of nitriles is 1. The molecule has 1 aromatic heterocycles. The second kappa shape index (κ2) is 7.60. The zero-order valence-corrected chi connectivity index (χ0v) is 14.4. The van der Waals surface area contributed by atoms with E-state index in [1.807, 2.05) is 24.1 Å². The molecule has 3 rings (SSSR count). The summed E-state index contributed by atoms with van der Waals surface area (Å²) >= 11 is 0. The highest BCUT2D eigenvalue weighted by molar-refractivity contribution is 5.54. The fourth-order valence-corrected chi connectivity index (χ4v) is 2.53. The van der Waals surface area contributed by atoms with Crippen LogP contribution in [0.25, 0.3) is 11.4 Å². The van der Waals surface area contributed by atoms with Gasteiger partial charge in [-0.2, -0.15) is 23.4 Å². The number of nitrogens with zero attached hydrogens (tertiary/aromatic N) is 4. The van der Waals surface area contributed by atoms with Crippen LogP contribution < -0.4 is 0 Å². The number of alkyl halides is 3. The monoisotopic (exact) mass is 372 g/mol. The minimum atomic E-state index is -4.38. The molecule has 0 bridgehead atoms. The predicted molar refractivity (Wildman–Crippen MR) is 91.1 cm³/mol. The third kappa shape index (κ3) is 4.71. The maximum absolute atomic E-state index is 12.6. The van der Waals surface area contributed by atoms with Gasteiger partial charge in [0.1, 0.15) is 0 Å². The van der Waals surface area contributed by atoms with Crippen molar-refractivity contribution >= 4 is 0 Å². The summed E-state index contributed by atoms with van der Waals surface area (Å²) in [4.78, 5) is 6.19. The van der Waals surface area contributed by atoms with Crippen molar-refractivity contribution in [3.8, 4) is 17.5 Å². The molecule has 0 aliphatic rings. The summed E-state index contributed by atoms with van der Waals surface area (Å²) in [6.45, 7) is 0.997. The van der Waals surface area contributed by atoms with E-state index in [1.54, 1.807) is 12.1 Å². The first kappa shape index (κ1) is 18.6. The maximum Gasteiger partial charge on any atom is 0.416 e. The van der Waals surface area contributed by atoms with Crippen LogP contribution >= 0.6 is 0 Å². The Morgan fingerprint density at radius 2 is 1.70 bits per heavy atom. The zero-order valence-electron chi connectivity index (χ0n) is 14.4. The van der Waals surface area contributed by atoms with Crippen molar-refractivity contribution in [3.63, 3.8) is 0 Å². The van der Waals surface area contributed by atoms with E-state index in [9.17, 15) is 13.2 Å². The Balaban J connectivity index is 1.64. The van der Waals surface area contributed by atoms with E-state index in [4.69, 9.17) is 9.78 Å². The molecule has 0 amide bonds. The Hall–Kier alpha value is -3.18. The van der Waals surface area contributed by atoms with Crippen molar-refractivity contribution in [2.45, 2.75) is 19.3 Å². The summed E-state index contributed by atoms with van der Waals surface area (Å²) in [7, 11) is 1.88. The van der Waals surface area contributed by atoms with Crippen LogP contribution in [0.2, 0.25) is 0 Å². The van der Waals surface area contributed by atoms with E-state index < -0.39 is 11.7 Å². The van der Waals surface area contributed by atoms with Crippen LogP contribution in [0.5, 0.6) is 0 Å². The van der Waals surface area contributed by atoms with Crippen LogP contribution in [0.15, 0.2) is 53.1 Å². The molecule has 0 N–H and O–H groups in total. The molecule has 2 aromatic carbocycles. The Labute approximate surface area is 153 Å². The Bertz CT molecular complexity index is 941. The average Bonchev–Trinajstić information content (AvgIpc) is 3.10. The van der Waals surface area contributed by atoms with E-state index in [0.717, 1.165) is 17.7 Å². The van der Waals surface area contributed by atoms with Crippen molar-refractivity contribution in [2.75, 3.05) is 7.05 Å². The van der Waals surface area contributed by atoms with Crippen molar-refractivity contribution < 1.29 is 17.7 Å². The van der Waals surface area contributed by atoms with Gasteiger partial charge in [0.25, 0.3) is 0 Å². The molecule has 0 aliphatic carbocycles. The molecular formula is C19H15F3N4O. The van der Waals surface area contributed by atoms with Gasteiger partial charge < -0.3 is 4.52 Å². The Morgan fingerprint density at radius 1 is 1.04 bits per heavy atom. The van der Waals surface area contributed by atoms with Crippen LogP contribution in [0, 0.1) is 11.3 Å². The van der Waals surface area contributed by atoms with Gasteiger partial charge >= 0.3 is 6.18 Å². The molecule has 0 radical (unpaired) electrons. The molecule has 0 unspecified atom stereocenters. The third-order valence-corrected chi connectivity index (χ3v) is 3.88. The van der Waals surface area contributed by atoms with Crippen molar-refractivity contribution in [1.29, 1.82) is 5.26 Å². The second-order valence-corrected chi connectivity index (χ2v) is 6.07. The van der Waals surface area contributed by atoms with E-state index >= 15 is 0 Å². The van der Waals surface area contributed by atoms with Crippen molar-refractivity contribution in [3.05, 3.63) is 71.1 Å². The second-order valence-electron chi connectivity index (χ2n) is 6.07. The first-order valence-electron chi connectivity index (χ1n) is 8.03. The first-order chi connectivity index (χ1) is 12.8. The predicted octanol–water partition coefficient (Wildman–Crippen LogP) is 4.26. The summed E-state index contributed by atoms with van der Waals surface area (Å²) in [6.07, 6.45) is -4.38. The molecule has 8 heteroatoms. The van der Waals surface area contributed by atoms with Crippen molar-refractivity contribution in [1.82, 2.24) is 15.0 Å². The molecule has 3 aromatic rings. The largest absolute Gasteiger partial charge is 0.416 e. The van der Waals surface area contributed by atoms with E-state index in [1.165, 1.54) is 12.1 Å². The Kier molecular flexibility index (Phi) is 5.23. The zero-order chi connectivity index (χ0) is 19.4. The van der Waals surface area contributed by atoms with Gasteiger partial charge in [0.2, 0.25) is 11.7 Å². The van der Waals surface area contributed by atoms with E-state index in [0.29, 0.717) is 30.1 Å². The minimum Gasteiger partial charge on any atom is -0.338 e. The van der Waals surface area contributed by atoms with E-state index in [2.05, 4.69) is 16.2 Å². The fraction of sp³-hybridized carbons (Fsp3) is 0.211. The highest BCUT2D eigenvalue weighted by Crippen LogP contribution is 2.30. The fourth-order valence-electron chi connectivity index (χ4n) is 2.53. The molecule has 138 valence electrons. The quantitative estimate of drug-likeness (QED) is 0.670. The van der Waals surface area contributed by atoms with Crippen LogP contribution in [0.4, 0.5) is 13.2 Å². The number of aromatic nitrogens is 2. The lowest BCUT2D eigenvalue weighted by Crippen LogP contribution is -2.17. The molecular weight excluding hydrogens is 357 g/mol. The van der Waals surface area contributed by atoms with Gasteiger partial charge in [0.05, 0.1) is 23.7 Å². The highest BCUT2D eigenvalue weighted by Gasteiger charge is 2.30. The third-order valence-electron chi connectivity index (χ3n) is 3.88. The Morgan fingerprint density at radius 3 is 2.30 bits per heavy atom. The number of halogens is 3. The average molecular weight is 372 g/mol. The molecule has 0 fully saturated rings. The van der Waals surface area contributed by atoms with Crippen LogP contribution in [0.3, 0.4) is 0 Å². The molecule has 0 spiro atoms. The molecule has 5 nitrogen and oxygen atoms in total. The maximum atomic E-state index is 12.6. The van der Waals surface area contributed by atoms with Crippen LogP contribution in [-0.2, 0) is 19.3 Å². The molecule has 0 atom stereocenters. The topological polar surface area (TPSA) is 66.0 Å².